The Hall–Kier alpha value is -1.37. The molecule has 0 fully saturated rings. The normalized spacial score (nSPS) is 13.1. The fraction of sp³-hybridized carbons (Fsp3) is 0.357. The number of rotatable bonds is 4. The van der Waals surface area contributed by atoms with Gasteiger partial charge in [0.1, 0.15) is 0 Å². The van der Waals surface area contributed by atoms with Crippen LogP contribution in [0, 0.1) is 0 Å². The summed E-state index contributed by atoms with van der Waals surface area (Å²) in [6, 6.07) is 0. The predicted octanol–water partition coefficient (Wildman–Crippen LogP) is 3.99. The molecule has 0 atom stereocenters. The molecule has 0 saturated heterocycles. The minimum Gasteiger partial charge on any atom is -0.290 e. The Balaban J connectivity index is 4.65. The zero-order chi connectivity index (χ0) is 11.8. The summed E-state index contributed by atoms with van der Waals surface area (Å²) < 4.78 is 0. The maximum atomic E-state index is 11.4. The van der Waals surface area contributed by atoms with Gasteiger partial charge in [-0.3, -0.25) is 4.79 Å². The summed E-state index contributed by atoms with van der Waals surface area (Å²) in [6.07, 6.45) is 9.29. The predicted molar refractivity (Wildman–Crippen MR) is 66.8 cm³/mol. The van der Waals surface area contributed by atoms with Gasteiger partial charge in [-0.1, -0.05) is 29.4 Å². The first-order chi connectivity index (χ1) is 6.95. The first kappa shape index (κ1) is 13.6. The number of ketones is 1. The number of allylic oxidation sites excluding steroid dienone is 8. The van der Waals surface area contributed by atoms with Crippen molar-refractivity contribution in [2.24, 2.45) is 0 Å². The van der Waals surface area contributed by atoms with Gasteiger partial charge in [0.25, 0.3) is 0 Å². The second-order valence-electron chi connectivity index (χ2n) is 3.90. The van der Waals surface area contributed by atoms with Crippen LogP contribution < -0.4 is 0 Å². The van der Waals surface area contributed by atoms with Crippen molar-refractivity contribution in [2.75, 3.05) is 0 Å². The minimum absolute atomic E-state index is 0.0528. The van der Waals surface area contributed by atoms with Crippen molar-refractivity contribution in [1.82, 2.24) is 0 Å². The third kappa shape index (κ3) is 7.68. The number of hydrogen-bond acceptors (Lipinski definition) is 1. The molecule has 0 rings (SSSR count). The second kappa shape index (κ2) is 6.99. The molecule has 0 saturated carbocycles. The lowest BCUT2D eigenvalue weighted by atomic mass is 10.1. The first-order valence-electron chi connectivity index (χ1n) is 5.14. The molecular formula is C14H20O. The van der Waals surface area contributed by atoms with Gasteiger partial charge in [-0.15, -0.1) is 0 Å². The van der Waals surface area contributed by atoms with Gasteiger partial charge in [0.15, 0.2) is 5.78 Å². The van der Waals surface area contributed by atoms with E-state index in [4.69, 9.17) is 0 Å². The smallest absolute Gasteiger partial charge is 0.178 e. The van der Waals surface area contributed by atoms with Gasteiger partial charge >= 0.3 is 0 Å². The Morgan fingerprint density at radius 2 is 1.47 bits per heavy atom. The summed E-state index contributed by atoms with van der Waals surface area (Å²) in [5.41, 5.74) is 3.16. The van der Waals surface area contributed by atoms with Crippen molar-refractivity contribution in [3.63, 3.8) is 0 Å². The minimum atomic E-state index is 0.0528. The van der Waals surface area contributed by atoms with E-state index in [1.807, 2.05) is 52.8 Å². The van der Waals surface area contributed by atoms with E-state index in [2.05, 4.69) is 0 Å². The van der Waals surface area contributed by atoms with Crippen LogP contribution in [0.5, 0.6) is 0 Å². The van der Waals surface area contributed by atoms with E-state index >= 15 is 0 Å². The van der Waals surface area contributed by atoms with E-state index in [0.717, 1.165) is 16.7 Å². The van der Waals surface area contributed by atoms with Crippen LogP contribution in [0.1, 0.15) is 34.6 Å². The summed E-state index contributed by atoms with van der Waals surface area (Å²) in [5.74, 6) is 0.0528. The molecule has 0 heterocycles. The highest BCUT2D eigenvalue weighted by Gasteiger charge is 1.92. The topological polar surface area (TPSA) is 17.1 Å². The third-order valence-electron chi connectivity index (χ3n) is 1.69. The maximum Gasteiger partial charge on any atom is 0.178 e. The summed E-state index contributed by atoms with van der Waals surface area (Å²) in [7, 11) is 0. The van der Waals surface area contributed by atoms with Crippen molar-refractivity contribution < 1.29 is 4.79 Å². The van der Waals surface area contributed by atoms with Crippen LogP contribution in [0.15, 0.2) is 47.1 Å². The lowest BCUT2D eigenvalue weighted by molar-refractivity contribution is -0.110. The molecule has 0 aliphatic heterocycles. The molecule has 0 unspecified atom stereocenters. The Kier molecular flexibility index (Phi) is 6.35. The fourth-order valence-electron chi connectivity index (χ4n) is 1.26. The monoisotopic (exact) mass is 204 g/mol. The summed E-state index contributed by atoms with van der Waals surface area (Å²) >= 11 is 0. The largest absolute Gasteiger partial charge is 0.290 e. The van der Waals surface area contributed by atoms with Gasteiger partial charge in [0.05, 0.1) is 0 Å². The highest BCUT2D eigenvalue weighted by molar-refractivity contribution is 6.00. The zero-order valence-electron chi connectivity index (χ0n) is 10.3. The fourth-order valence-corrected chi connectivity index (χ4v) is 1.26. The van der Waals surface area contributed by atoms with E-state index in [1.54, 1.807) is 12.2 Å². The molecule has 0 N–H and O–H groups in total. The molecule has 0 aromatic heterocycles. The van der Waals surface area contributed by atoms with Crippen LogP contribution in [-0.2, 0) is 4.79 Å². The SMILES string of the molecule is C/C=C/C(C)=C/C(C)=C/C(=O)C=C(C)C. The lowest BCUT2D eigenvalue weighted by Gasteiger charge is -1.94. The molecule has 1 nitrogen and oxygen atoms in total. The number of carbonyl (C=O) groups excluding carboxylic acids is 1. The van der Waals surface area contributed by atoms with Crippen molar-refractivity contribution in [2.45, 2.75) is 34.6 Å². The molecule has 0 bridgehead atoms. The van der Waals surface area contributed by atoms with E-state index in [0.29, 0.717) is 0 Å². The average molecular weight is 204 g/mol. The van der Waals surface area contributed by atoms with Gasteiger partial charge in [0.2, 0.25) is 0 Å². The lowest BCUT2D eigenvalue weighted by Crippen LogP contribution is -1.88. The quantitative estimate of drug-likeness (QED) is 0.500. The molecule has 1 heteroatoms. The highest BCUT2D eigenvalue weighted by atomic mass is 16.1. The van der Waals surface area contributed by atoms with Gasteiger partial charge in [-0.05, 0) is 52.3 Å². The Bertz CT molecular complexity index is 334. The standard InChI is InChI=1S/C14H20O/c1-6-7-12(4)9-13(5)10-14(15)8-11(2)3/h6-10H,1-5H3/b7-6+,12-9+,13-10+. The van der Waals surface area contributed by atoms with Gasteiger partial charge in [-0.25, -0.2) is 0 Å². The zero-order valence-corrected chi connectivity index (χ0v) is 10.3. The van der Waals surface area contributed by atoms with Crippen LogP contribution in [0.3, 0.4) is 0 Å². The molecule has 0 aliphatic rings. The van der Waals surface area contributed by atoms with Crippen LogP contribution in [0.4, 0.5) is 0 Å². The van der Waals surface area contributed by atoms with Crippen molar-refractivity contribution in [1.29, 1.82) is 0 Å². The molecule has 82 valence electrons. The van der Waals surface area contributed by atoms with E-state index in [1.165, 1.54) is 0 Å². The average Bonchev–Trinajstić information content (AvgIpc) is 2.00. The van der Waals surface area contributed by atoms with Gasteiger partial charge in [-0.2, -0.15) is 0 Å². The molecule has 0 radical (unpaired) electrons. The summed E-state index contributed by atoms with van der Waals surface area (Å²) in [5, 5.41) is 0. The van der Waals surface area contributed by atoms with Gasteiger partial charge < -0.3 is 0 Å². The summed E-state index contributed by atoms with van der Waals surface area (Å²) in [6.45, 7) is 9.77. The van der Waals surface area contributed by atoms with Gasteiger partial charge in [0, 0.05) is 0 Å². The Morgan fingerprint density at radius 1 is 0.867 bits per heavy atom. The number of carbonyl (C=O) groups is 1. The maximum absolute atomic E-state index is 11.4. The Morgan fingerprint density at radius 3 is 1.93 bits per heavy atom. The molecule has 0 aromatic rings. The molecule has 0 spiro atoms. The van der Waals surface area contributed by atoms with Crippen LogP contribution >= 0.6 is 0 Å². The molecule has 0 aliphatic carbocycles. The Labute approximate surface area is 92.9 Å². The van der Waals surface area contributed by atoms with Crippen LogP contribution in [0.2, 0.25) is 0 Å². The van der Waals surface area contributed by atoms with Crippen molar-refractivity contribution >= 4 is 5.78 Å². The number of hydrogen-bond donors (Lipinski definition) is 0. The second-order valence-corrected chi connectivity index (χ2v) is 3.90. The summed E-state index contributed by atoms with van der Waals surface area (Å²) in [4.78, 5) is 11.4. The molecule has 15 heavy (non-hydrogen) atoms. The van der Waals surface area contributed by atoms with Crippen LogP contribution in [0.25, 0.3) is 0 Å². The van der Waals surface area contributed by atoms with E-state index < -0.39 is 0 Å². The molecule has 0 amide bonds. The molecular weight excluding hydrogens is 184 g/mol. The van der Waals surface area contributed by atoms with Crippen molar-refractivity contribution in [3.05, 3.63) is 47.1 Å². The van der Waals surface area contributed by atoms with Crippen LogP contribution in [-0.4, -0.2) is 5.78 Å². The third-order valence-corrected chi connectivity index (χ3v) is 1.69. The van der Waals surface area contributed by atoms with E-state index in [9.17, 15) is 4.79 Å². The van der Waals surface area contributed by atoms with Crippen molar-refractivity contribution in [3.8, 4) is 0 Å². The van der Waals surface area contributed by atoms with E-state index in [-0.39, 0.29) is 5.78 Å². The molecule has 0 aromatic carbocycles. The highest BCUT2D eigenvalue weighted by Crippen LogP contribution is 2.04. The first-order valence-corrected chi connectivity index (χ1v) is 5.14.